The lowest BCUT2D eigenvalue weighted by Gasteiger charge is -2.29. The highest BCUT2D eigenvalue weighted by Crippen LogP contribution is 2.45. The van der Waals surface area contributed by atoms with E-state index in [0.717, 1.165) is 5.56 Å². The Morgan fingerprint density at radius 2 is 1.86 bits per heavy atom. The number of carbonyl (C=O) groups is 2. The summed E-state index contributed by atoms with van der Waals surface area (Å²) in [6.07, 6.45) is 0. The standard InChI is InChI=1S/C22H20FN3O2/c1-14(27)26-12-18-11-25(22(28)16-7-5-15(10-24)6-8-16)13-20(18)21(26)17-3-2-4-19(23)9-17/h2-9,18,20-21H,11-13H2,1H3/t18-,20-,21+/m1/s1. The zero-order chi connectivity index (χ0) is 19.8. The number of benzene rings is 2. The Hall–Kier alpha value is -3.20. The molecule has 2 aliphatic heterocycles. The molecule has 2 aromatic rings. The van der Waals surface area contributed by atoms with Crippen LogP contribution in [-0.4, -0.2) is 41.2 Å². The molecule has 2 aliphatic rings. The third kappa shape index (κ3) is 3.13. The highest BCUT2D eigenvalue weighted by Gasteiger charge is 2.49. The Kier molecular flexibility index (Phi) is 4.60. The van der Waals surface area contributed by atoms with E-state index >= 15 is 0 Å². The number of carbonyl (C=O) groups excluding carboxylic acids is 2. The molecule has 0 radical (unpaired) electrons. The Labute approximate surface area is 163 Å². The van der Waals surface area contributed by atoms with Gasteiger partial charge in [-0.05, 0) is 42.0 Å². The van der Waals surface area contributed by atoms with Gasteiger partial charge in [0, 0.05) is 44.0 Å². The minimum Gasteiger partial charge on any atom is -0.338 e. The minimum atomic E-state index is -0.326. The number of rotatable bonds is 2. The third-order valence-electron chi connectivity index (χ3n) is 5.81. The van der Waals surface area contributed by atoms with Crippen LogP contribution in [0.5, 0.6) is 0 Å². The first-order chi connectivity index (χ1) is 13.5. The van der Waals surface area contributed by atoms with Crippen molar-refractivity contribution in [1.29, 1.82) is 5.26 Å². The van der Waals surface area contributed by atoms with Gasteiger partial charge < -0.3 is 9.80 Å². The van der Waals surface area contributed by atoms with Gasteiger partial charge in [-0.1, -0.05) is 12.1 Å². The molecule has 4 rings (SSSR count). The van der Waals surface area contributed by atoms with Crippen LogP contribution in [0.4, 0.5) is 4.39 Å². The number of halogens is 1. The molecular formula is C22H20FN3O2. The van der Waals surface area contributed by atoms with Gasteiger partial charge in [-0.15, -0.1) is 0 Å². The molecular weight excluding hydrogens is 357 g/mol. The lowest BCUT2D eigenvalue weighted by Crippen LogP contribution is -2.36. The molecule has 2 heterocycles. The van der Waals surface area contributed by atoms with Crippen LogP contribution >= 0.6 is 0 Å². The maximum absolute atomic E-state index is 13.8. The van der Waals surface area contributed by atoms with Gasteiger partial charge in [-0.3, -0.25) is 9.59 Å². The summed E-state index contributed by atoms with van der Waals surface area (Å²) in [5.74, 6) is -0.194. The molecule has 0 aromatic heterocycles. The fraction of sp³-hybridized carbons (Fsp3) is 0.318. The smallest absolute Gasteiger partial charge is 0.253 e. The van der Waals surface area contributed by atoms with Crippen LogP contribution in [0.25, 0.3) is 0 Å². The minimum absolute atomic E-state index is 0.0337. The number of hydrogen-bond donors (Lipinski definition) is 0. The molecule has 0 saturated carbocycles. The van der Waals surface area contributed by atoms with Crippen molar-refractivity contribution in [3.63, 3.8) is 0 Å². The molecule has 0 aliphatic carbocycles. The van der Waals surface area contributed by atoms with E-state index in [4.69, 9.17) is 5.26 Å². The second-order valence-electron chi connectivity index (χ2n) is 7.49. The van der Waals surface area contributed by atoms with Crippen molar-refractivity contribution in [2.24, 2.45) is 11.8 Å². The van der Waals surface area contributed by atoms with Crippen molar-refractivity contribution >= 4 is 11.8 Å². The predicted octanol–water partition coefficient (Wildman–Crippen LogP) is 2.99. The van der Waals surface area contributed by atoms with E-state index in [-0.39, 0.29) is 35.5 Å². The normalized spacial score (nSPS) is 23.4. The summed E-state index contributed by atoms with van der Waals surface area (Å²) < 4.78 is 13.8. The van der Waals surface area contributed by atoms with Gasteiger partial charge >= 0.3 is 0 Å². The fourth-order valence-electron chi connectivity index (χ4n) is 4.52. The average molecular weight is 377 g/mol. The number of hydrogen-bond acceptors (Lipinski definition) is 3. The lowest BCUT2D eigenvalue weighted by atomic mass is 9.89. The summed E-state index contributed by atoms with van der Waals surface area (Å²) in [6, 6.07) is 14.8. The van der Waals surface area contributed by atoms with E-state index in [1.54, 1.807) is 40.1 Å². The molecule has 3 atom stereocenters. The van der Waals surface area contributed by atoms with Gasteiger partial charge in [0.25, 0.3) is 5.91 Å². The largest absolute Gasteiger partial charge is 0.338 e. The highest BCUT2D eigenvalue weighted by molar-refractivity contribution is 5.94. The molecule has 28 heavy (non-hydrogen) atoms. The second kappa shape index (κ2) is 7.08. The summed E-state index contributed by atoms with van der Waals surface area (Å²) in [6.45, 7) is 3.19. The Balaban J connectivity index is 1.58. The van der Waals surface area contributed by atoms with Crippen LogP contribution in [0.1, 0.15) is 34.5 Å². The van der Waals surface area contributed by atoms with Gasteiger partial charge in [0.2, 0.25) is 5.91 Å². The monoisotopic (exact) mass is 377 g/mol. The Bertz CT molecular complexity index is 966. The average Bonchev–Trinajstić information content (AvgIpc) is 3.25. The molecule has 0 unspecified atom stereocenters. The summed E-state index contributed by atoms with van der Waals surface area (Å²) in [4.78, 5) is 28.7. The molecule has 2 aromatic carbocycles. The van der Waals surface area contributed by atoms with Gasteiger partial charge in [-0.25, -0.2) is 4.39 Å². The molecule has 5 nitrogen and oxygen atoms in total. The number of nitrogens with zero attached hydrogens (tertiary/aromatic N) is 3. The summed E-state index contributed by atoms with van der Waals surface area (Å²) in [5.41, 5.74) is 1.83. The van der Waals surface area contributed by atoms with Gasteiger partial charge in [0.1, 0.15) is 5.82 Å². The maximum atomic E-state index is 13.8. The first kappa shape index (κ1) is 18.2. The molecule has 2 amide bonds. The van der Waals surface area contributed by atoms with Crippen LogP contribution in [0, 0.1) is 29.0 Å². The van der Waals surface area contributed by atoms with E-state index in [1.165, 1.54) is 19.1 Å². The first-order valence-electron chi connectivity index (χ1n) is 9.30. The van der Waals surface area contributed by atoms with Crippen molar-refractivity contribution in [2.75, 3.05) is 19.6 Å². The highest BCUT2D eigenvalue weighted by atomic mass is 19.1. The van der Waals surface area contributed by atoms with E-state index in [1.807, 2.05) is 12.1 Å². The molecule has 0 bridgehead atoms. The van der Waals surface area contributed by atoms with Gasteiger partial charge in [0.05, 0.1) is 17.7 Å². The van der Waals surface area contributed by atoms with Gasteiger partial charge in [-0.2, -0.15) is 5.26 Å². The zero-order valence-electron chi connectivity index (χ0n) is 15.5. The van der Waals surface area contributed by atoms with E-state index < -0.39 is 0 Å². The van der Waals surface area contributed by atoms with Crippen molar-refractivity contribution < 1.29 is 14.0 Å². The van der Waals surface area contributed by atoms with Crippen molar-refractivity contribution in [3.8, 4) is 6.07 Å². The third-order valence-corrected chi connectivity index (χ3v) is 5.81. The molecule has 2 fully saturated rings. The Morgan fingerprint density at radius 1 is 1.11 bits per heavy atom. The number of likely N-dealkylation sites (tertiary alicyclic amines) is 2. The lowest BCUT2D eigenvalue weighted by molar-refractivity contribution is -0.130. The van der Waals surface area contributed by atoms with Crippen LogP contribution in [0.15, 0.2) is 48.5 Å². The van der Waals surface area contributed by atoms with Crippen molar-refractivity contribution in [1.82, 2.24) is 9.80 Å². The maximum Gasteiger partial charge on any atom is 0.253 e. The van der Waals surface area contributed by atoms with E-state index in [0.29, 0.717) is 30.8 Å². The van der Waals surface area contributed by atoms with Crippen LogP contribution < -0.4 is 0 Å². The molecule has 0 N–H and O–H groups in total. The van der Waals surface area contributed by atoms with E-state index in [9.17, 15) is 14.0 Å². The fourth-order valence-corrected chi connectivity index (χ4v) is 4.52. The zero-order valence-corrected chi connectivity index (χ0v) is 15.5. The molecule has 142 valence electrons. The number of amides is 2. The molecule has 2 saturated heterocycles. The number of fused-ring (bicyclic) bond motifs is 1. The van der Waals surface area contributed by atoms with Crippen LogP contribution in [0.2, 0.25) is 0 Å². The van der Waals surface area contributed by atoms with Crippen molar-refractivity contribution in [3.05, 3.63) is 71.0 Å². The van der Waals surface area contributed by atoms with Crippen LogP contribution in [-0.2, 0) is 4.79 Å². The SMILES string of the molecule is CC(=O)N1C[C@H]2CN(C(=O)c3ccc(C#N)cc3)C[C@H]2[C@@H]1c1cccc(F)c1. The molecule has 6 heteroatoms. The number of nitriles is 1. The molecule has 0 spiro atoms. The van der Waals surface area contributed by atoms with Gasteiger partial charge in [0.15, 0.2) is 0 Å². The Morgan fingerprint density at radius 3 is 2.50 bits per heavy atom. The second-order valence-corrected chi connectivity index (χ2v) is 7.49. The topological polar surface area (TPSA) is 64.4 Å². The quantitative estimate of drug-likeness (QED) is 0.808. The first-order valence-corrected chi connectivity index (χ1v) is 9.30. The summed E-state index contributed by atoms with van der Waals surface area (Å²) >= 11 is 0. The van der Waals surface area contributed by atoms with E-state index in [2.05, 4.69) is 0 Å². The van der Waals surface area contributed by atoms with Crippen LogP contribution in [0.3, 0.4) is 0 Å². The summed E-state index contributed by atoms with van der Waals surface area (Å²) in [7, 11) is 0. The summed E-state index contributed by atoms with van der Waals surface area (Å²) in [5, 5.41) is 8.91. The van der Waals surface area contributed by atoms with Crippen molar-refractivity contribution in [2.45, 2.75) is 13.0 Å². The predicted molar refractivity (Wildman–Crippen MR) is 101 cm³/mol.